The Hall–Kier alpha value is -3.29. The van der Waals surface area contributed by atoms with Crippen LogP contribution in [-0.2, 0) is 0 Å². The normalized spacial score (nSPS) is 14.9. The highest BCUT2D eigenvalue weighted by atomic mass is 16.5. The van der Waals surface area contributed by atoms with Crippen LogP contribution in [0.25, 0.3) is 11.3 Å². The number of anilines is 1. The third kappa shape index (κ3) is 3.94. The Morgan fingerprint density at radius 2 is 2.11 bits per heavy atom. The molecule has 0 bridgehead atoms. The molecular weight excluding hydrogens is 344 g/mol. The fourth-order valence-corrected chi connectivity index (χ4v) is 3.15. The highest BCUT2D eigenvalue weighted by Crippen LogP contribution is 2.21. The first kappa shape index (κ1) is 17.1. The molecule has 4 heterocycles. The van der Waals surface area contributed by atoms with Crippen LogP contribution in [0.15, 0.2) is 47.5 Å². The number of piperidine rings is 1. The molecule has 0 saturated carbocycles. The standard InChI is InChI=1S/C19H20N6O2/c1-13-9-18(22-12-21-13)23-15-4-7-25(8-5-15)19(26)16-10-17(27-24-16)14-3-2-6-20-11-14/h2-3,6,9-12,15H,4-5,7-8H2,1H3,(H,21,22,23). The van der Waals surface area contributed by atoms with Crippen molar-refractivity contribution >= 4 is 11.7 Å². The van der Waals surface area contributed by atoms with Crippen molar-refractivity contribution in [2.45, 2.75) is 25.8 Å². The van der Waals surface area contributed by atoms with Crippen LogP contribution in [0.1, 0.15) is 29.0 Å². The van der Waals surface area contributed by atoms with Crippen molar-refractivity contribution in [2.24, 2.45) is 0 Å². The van der Waals surface area contributed by atoms with Gasteiger partial charge in [0.1, 0.15) is 12.1 Å². The summed E-state index contributed by atoms with van der Waals surface area (Å²) in [5.41, 5.74) is 2.05. The fraction of sp³-hybridized carbons (Fsp3) is 0.316. The molecule has 1 saturated heterocycles. The van der Waals surface area contributed by atoms with E-state index >= 15 is 0 Å². The molecule has 8 heteroatoms. The Morgan fingerprint density at radius 3 is 2.85 bits per heavy atom. The molecular formula is C19H20N6O2. The van der Waals surface area contributed by atoms with Gasteiger partial charge >= 0.3 is 0 Å². The molecule has 1 aliphatic heterocycles. The quantitative estimate of drug-likeness (QED) is 0.760. The second-order valence-electron chi connectivity index (χ2n) is 6.57. The van der Waals surface area contributed by atoms with Gasteiger partial charge in [-0.2, -0.15) is 0 Å². The maximum Gasteiger partial charge on any atom is 0.276 e. The van der Waals surface area contributed by atoms with Crippen molar-refractivity contribution in [1.82, 2.24) is 25.0 Å². The van der Waals surface area contributed by atoms with Gasteiger partial charge in [-0.3, -0.25) is 9.78 Å². The van der Waals surface area contributed by atoms with Gasteiger partial charge in [0.05, 0.1) is 0 Å². The molecule has 0 spiro atoms. The number of likely N-dealkylation sites (tertiary alicyclic amines) is 1. The van der Waals surface area contributed by atoms with E-state index in [0.717, 1.165) is 29.9 Å². The molecule has 8 nitrogen and oxygen atoms in total. The molecule has 0 radical (unpaired) electrons. The molecule has 1 aliphatic rings. The first-order valence-electron chi connectivity index (χ1n) is 8.90. The van der Waals surface area contributed by atoms with E-state index in [1.807, 2.05) is 30.0 Å². The second kappa shape index (κ2) is 7.53. The van der Waals surface area contributed by atoms with Crippen molar-refractivity contribution in [3.8, 4) is 11.3 Å². The van der Waals surface area contributed by atoms with Gasteiger partial charge in [0.25, 0.3) is 5.91 Å². The summed E-state index contributed by atoms with van der Waals surface area (Å²) in [4.78, 5) is 26.9. The van der Waals surface area contributed by atoms with Crippen LogP contribution in [0.4, 0.5) is 5.82 Å². The van der Waals surface area contributed by atoms with E-state index < -0.39 is 0 Å². The zero-order chi connectivity index (χ0) is 18.6. The van der Waals surface area contributed by atoms with Crippen LogP contribution < -0.4 is 5.32 Å². The molecule has 0 aliphatic carbocycles. The Labute approximate surface area is 156 Å². The topological polar surface area (TPSA) is 97.0 Å². The second-order valence-corrected chi connectivity index (χ2v) is 6.57. The predicted molar refractivity (Wildman–Crippen MR) is 99.1 cm³/mol. The van der Waals surface area contributed by atoms with Gasteiger partial charge in [-0.1, -0.05) is 5.16 Å². The lowest BCUT2D eigenvalue weighted by atomic mass is 10.0. The Kier molecular flexibility index (Phi) is 4.78. The minimum atomic E-state index is -0.106. The smallest absolute Gasteiger partial charge is 0.276 e. The van der Waals surface area contributed by atoms with Crippen LogP contribution in [0, 0.1) is 6.92 Å². The van der Waals surface area contributed by atoms with Gasteiger partial charge in [-0.05, 0) is 31.9 Å². The maximum atomic E-state index is 12.7. The lowest BCUT2D eigenvalue weighted by Gasteiger charge is -2.32. The molecule has 0 aromatic carbocycles. The predicted octanol–water partition coefficient (Wildman–Crippen LogP) is 2.55. The summed E-state index contributed by atoms with van der Waals surface area (Å²) < 4.78 is 5.31. The first-order valence-corrected chi connectivity index (χ1v) is 8.90. The van der Waals surface area contributed by atoms with Gasteiger partial charge in [0.2, 0.25) is 0 Å². The summed E-state index contributed by atoms with van der Waals surface area (Å²) in [5.74, 6) is 1.26. The van der Waals surface area contributed by atoms with Crippen LogP contribution >= 0.6 is 0 Å². The number of amides is 1. The number of carbonyl (C=O) groups is 1. The van der Waals surface area contributed by atoms with Crippen LogP contribution in [0.3, 0.4) is 0 Å². The van der Waals surface area contributed by atoms with Crippen molar-refractivity contribution < 1.29 is 9.32 Å². The van der Waals surface area contributed by atoms with E-state index in [1.165, 1.54) is 0 Å². The lowest BCUT2D eigenvalue weighted by molar-refractivity contribution is 0.0708. The van der Waals surface area contributed by atoms with E-state index in [2.05, 4.69) is 25.4 Å². The van der Waals surface area contributed by atoms with Crippen LogP contribution in [-0.4, -0.2) is 50.0 Å². The van der Waals surface area contributed by atoms with E-state index in [1.54, 1.807) is 24.8 Å². The van der Waals surface area contributed by atoms with Crippen molar-refractivity contribution in [2.75, 3.05) is 18.4 Å². The van der Waals surface area contributed by atoms with Gasteiger partial charge in [0.15, 0.2) is 11.5 Å². The first-order chi connectivity index (χ1) is 13.2. The number of aryl methyl sites for hydroxylation is 1. The number of pyridine rings is 1. The van der Waals surface area contributed by atoms with Crippen molar-refractivity contribution in [3.63, 3.8) is 0 Å². The average Bonchev–Trinajstić information content (AvgIpc) is 3.19. The third-order valence-corrected chi connectivity index (χ3v) is 4.61. The summed E-state index contributed by atoms with van der Waals surface area (Å²) in [6.45, 7) is 3.26. The summed E-state index contributed by atoms with van der Waals surface area (Å²) >= 11 is 0. The van der Waals surface area contributed by atoms with E-state index in [-0.39, 0.29) is 11.9 Å². The number of aromatic nitrogens is 4. The van der Waals surface area contributed by atoms with Gasteiger partial charge in [-0.25, -0.2) is 9.97 Å². The van der Waals surface area contributed by atoms with Crippen molar-refractivity contribution in [1.29, 1.82) is 0 Å². The lowest BCUT2D eigenvalue weighted by Crippen LogP contribution is -2.42. The average molecular weight is 364 g/mol. The van der Waals surface area contributed by atoms with Gasteiger partial charge in [-0.15, -0.1) is 0 Å². The molecule has 4 rings (SSSR count). The number of hydrogen-bond donors (Lipinski definition) is 1. The molecule has 27 heavy (non-hydrogen) atoms. The minimum absolute atomic E-state index is 0.106. The monoisotopic (exact) mass is 364 g/mol. The highest BCUT2D eigenvalue weighted by molar-refractivity contribution is 5.93. The van der Waals surface area contributed by atoms with Crippen molar-refractivity contribution in [3.05, 3.63) is 54.4 Å². The third-order valence-electron chi connectivity index (χ3n) is 4.61. The Bertz CT molecular complexity index is 919. The summed E-state index contributed by atoms with van der Waals surface area (Å²) in [6, 6.07) is 7.57. The number of nitrogens with zero attached hydrogens (tertiary/aromatic N) is 5. The summed E-state index contributed by atoms with van der Waals surface area (Å²) in [7, 11) is 0. The Balaban J connectivity index is 1.35. The van der Waals surface area contributed by atoms with E-state index in [9.17, 15) is 4.79 Å². The van der Waals surface area contributed by atoms with E-state index in [0.29, 0.717) is 24.5 Å². The molecule has 0 unspecified atom stereocenters. The summed E-state index contributed by atoms with van der Waals surface area (Å²) in [6.07, 6.45) is 6.62. The molecule has 1 amide bonds. The molecule has 3 aromatic heterocycles. The van der Waals surface area contributed by atoms with Gasteiger partial charge in [0, 0.05) is 54.9 Å². The molecule has 3 aromatic rings. The Morgan fingerprint density at radius 1 is 1.26 bits per heavy atom. The number of carbonyl (C=O) groups excluding carboxylic acids is 1. The summed E-state index contributed by atoms with van der Waals surface area (Å²) in [5, 5.41) is 7.35. The van der Waals surface area contributed by atoms with E-state index in [4.69, 9.17) is 4.52 Å². The molecule has 1 N–H and O–H groups in total. The van der Waals surface area contributed by atoms with Gasteiger partial charge < -0.3 is 14.7 Å². The minimum Gasteiger partial charge on any atom is -0.367 e. The largest absolute Gasteiger partial charge is 0.367 e. The SMILES string of the molecule is Cc1cc(NC2CCN(C(=O)c3cc(-c4cccnc4)on3)CC2)ncn1. The van der Waals surface area contributed by atoms with Crippen LogP contribution in [0.5, 0.6) is 0 Å². The zero-order valence-electron chi connectivity index (χ0n) is 15.0. The number of hydrogen-bond acceptors (Lipinski definition) is 7. The zero-order valence-corrected chi connectivity index (χ0v) is 15.0. The fourth-order valence-electron chi connectivity index (χ4n) is 3.15. The molecule has 138 valence electrons. The molecule has 1 fully saturated rings. The number of nitrogens with one attached hydrogen (secondary N) is 1. The van der Waals surface area contributed by atoms with Crippen LogP contribution in [0.2, 0.25) is 0 Å². The highest BCUT2D eigenvalue weighted by Gasteiger charge is 2.26. The number of rotatable bonds is 4. The maximum absolute atomic E-state index is 12.7. The molecule has 0 atom stereocenters.